The van der Waals surface area contributed by atoms with Crippen molar-refractivity contribution in [1.29, 1.82) is 0 Å². The van der Waals surface area contributed by atoms with Gasteiger partial charge in [0.1, 0.15) is 0 Å². The summed E-state index contributed by atoms with van der Waals surface area (Å²) < 4.78 is 16.1. The lowest BCUT2D eigenvalue weighted by Gasteiger charge is -2.35. The number of hydrogen-bond donors (Lipinski definition) is 2. The van der Waals surface area contributed by atoms with E-state index in [0.717, 1.165) is 18.7 Å². The van der Waals surface area contributed by atoms with Gasteiger partial charge in [0, 0.05) is 26.7 Å². The Hall–Kier alpha value is -1.99. The highest BCUT2D eigenvalue weighted by molar-refractivity contribution is 5.73. The van der Waals surface area contributed by atoms with E-state index in [1.54, 1.807) is 21.3 Å². The van der Waals surface area contributed by atoms with Crippen LogP contribution in [0.25, 0.3) is 0 Å². The monoisotopic (exact) mass is 323 g/mol. The van der Waals surface area contributed by atoms with Crippen molar-refractivity contribution in [3.63, 3.8) is 0 Å². The zero-order valence-electron chi connectivity index (χ0n) is 13.9. The number of hydrogen-bond acceptors (Lipinski definition) is 5. The molecule has 1 heterocycles. The van der Waals surface area contributed by atoms with Crippen LogP contribution in [0.2, 0.25) is 0 Å². The molecule has 1 aromatic carbocycles. The highest BCUT2D eigenvalue weighted by atomic mass is 16.5. The highest BCUT2D eigenvalue weighted by Gasteiger charge is 2.24. The second-order valence-electron chi connectivity index (χ2n) is 5.24. The zero-order chi connectivity index (χ0) is 16.7. The maximum atomic E-state index is 11.5. The fourth-order valence-corrected chi connectivity index (χ4v) is 2.68. The summed E-state index contributed by atoms with van der Waals surface area (Å²) in [6, 6.07) is 5.72. The SMILES string of the molecule is CNC(=O)NCC(c1ccc(OC)c(OC)c1)N1CCOCC1. The van der Waals surface area contributed by atoms with Crippen molar-refractivity contribution < 1.29 is 19.0 Å². The number of amides is 2. The molecule has 1 unspecified atom stereocenters. The minimum Gasteiger partial charge on any atom is -0.493 e. The van der Waals surface area contributed by atoms with Gasteiger partial charge in [-0.25, -0.2) is 4.79 Å². The van der Waals surface area contributed by atoms with E-state index >= 15 is 0 Å². The molecule has 0 saturated carbocycles. The van der Waals surface area contributed by atoms with Gasteiger partial charge in [0.25, 0.3) is 0 Å². The van der Waals surface area contributed by atoms with Crippen LogP contribution in [0, 0.1) is 0 Å². The molecule has 1 fully saturated rings. The number of carbonyl (C=O) groups excluding carboxylic acids is 1. The molecule has 0 radical (unpaired) electrons. The molecule has 1 atom stereocenters. The fourth-order valence-electron chi connectivity index (χ4n) is 2.68. The van der Waals surface area contributed by atoms with Crippen LogP contribution in [0.3, 0.4) is 0 Å². The molecule has 0 aliphatic carbocycles. The van der Waals surface area contributed by atoms with Crippen molar-refractivity contribution in [1.82, 2.24) is 15.5 Å². The molecule has 0 aromatic heterocycles. The van der Waals surface area contributed by atoms with Gasteiger partial charge in [-0.15, -0.1) is 0 Å². The first-order valence-corrected chi connectivity index (χ1v) is 7.69. The van der Waals surface area contributed by atoms with E-state index in [9.17, 15) is 4.79 Å². The summed E-state index contributed by atoms with van der Waals surface area (Å²) >= 11 is 0. The summed E-state index contributed by atoms with van der Waals surface area (Å²) in [6.07, 6.45) is 0. The van der Waals surface area contributed by atoms with Crippen molar-refractivity contribution in [3.05, 3.63) is 23.8 Å². The molecule has 128 valence electrons. The van der Waals surface area contributed by atoms with Crippen LogP contribution in [0.4, 0.5) is 4.79 Å². The molecule has 7 nitrogen and oxygen atoms in total. The topological polar surface area (TPSA) is 72.1 Å². The first-order valence-electron chi connectivity index (χ1n) is 7.69. The Morgan fingerprint density at radius 1 is 1.26 bits per heavy atom. The quantitative estimate of drug-likeness (QED) is 0.817. The van der Waals surface area contributed by atoms with Gasteiger partial charge in [-0.2, -0.15) is 0 Å². The van der Waals surface area contributed by atoms with Gasteiger partial charge in [0.05, 0.1) is 33.5 Å². The molecule has 2 amide bonds. The largest absolute Gasteiger partial charge is 0.493 e. The summed E-state index contributed by atoms with van der Waals surface area (Å²) in [5, 5.41) is 5.47. The average molecular weight is 323 g/mol. The molecule has 0 spiro atoms. The summed E-state index contributed by atoms with van der Waals surface area (Å²) in [5.74, 6) is 1.37. The Morgan fingerprint density at radius 2 is 1.96 bits per heavy atom. The molecule has 1 aromatic rings. The smallest absolute Gasteiger partial charge is 0.314 e. The van der Waals surface area contributed by atoms with Crippen molar-refractivity contribution in [2.45, 2.75) is 6.04 Å². The Kier molecular flexibility index (Phi) is 6.49. The number of nitrogens with zero attached hydrogens (tertiary/aromatic N) is 1. The second kappa shape index (κ2) is 8.59. The maximum Gasteiger partial charge on any atom is 0.314 e. The minimum atomic E-state index is -0.191. The molecule has 0 bridgehead atoms. The van der Waals surface area contributed by atoms with Crippen LogP contribution in [0.5, 0.6) is 11.5 Å². The number of methoxy groups -OCH3 is 2. The van der Waals surface area contributed by atoms with Gasteiger partial charge in [-0.3, -0.25) is 4.90 Å². The van der Waals surface area contributed by atoms with Gasteiger partial charge in [-0.1, -0.05) is 6.07 Å². The lowest BCUT2D eigenvalue weighted by Crippen LogP contribution is -2.45. The van der Waals surface area contributed by atoms with E-state index in [0.29, 0.717) is 31.3 Å². The van der Waals surface area contributed by atoms with E-state index in [2.05, 4.69) is 15.5 Å². The normalized spacial score (nSPS) is 16.5. The van der Waals surface area contributed by atoms with Crippen molar-refractivity contribution in [2.75, 3.05) is 54.1 Å². The average Bonchev–Trinajstić information content (AvgIpc) is 2.62. The third-order valence-electron chi connectivity index (χ3n) is 3.96. The van der Waals surface area contributed by atoms with E-state index in [4.69, 9.17) is 14.2 Å². The predicted molar refractivity (Wildman–Crippen MR) is 87.1 cm³/mol. The Morgan fingerprint density at radius 3 is 2.57 bits per heavy atom. The Labute approximate surface area is 136 Å². The molecular weight excluding hydrogens is 298 g/mol. The summed E-state index contributed by atoms with van der Waals surface area (Å²) in [5.41, 5.74) is 1.07. The number of morpholine rings is 1. The van der Waals surface area contributed by atoms with Gasteiger partial charge in [-0.05, 0) is 17.7 Å². The number of nitrogens with one attached hydrogen (secondary N) is 2. The first-order chi connectivity index (χ1) is 11.2. The molecule has 1 saturated heterocycles. The zero-order valence-corrected chi connectivity index (χ0v) is 13.9. The number of carbonyl (C=O) groups is 1. The number of benzene rings is 1. The van der Waals surface area contributed by atoms with E-state index in [1.807, 2.05) is 18.2 Å². The van der Waals surface area contributed by atoms with Crippen molar-refractivity contribution in [3.8, 4) is 11.5 Å². The number of rotatable bonds is 6. The maximum absolute atomic E-state index is 11.5. The standard InChI is InChI=1S/C16H25N3O4/c1-17-16(20)18-11-13(19-6-8-23-9-7-19)12-4-5-14(21-2)15(10-12)22-3/h4-5,10,13H,6-9,11H2,1-3H3,(H2,17,18,20). The van der Waals surface area contributed by atoms with Crippen LogP contribution >= 0.6 is 0 Å². The summed E-state index contributed by atoms with van der Waals surface area (Å²) in [6.45, 7) is 3.56. The molecule has 2 rings (SSSR count). The number of urea groups is 1. The lowest BCUT2D eigenvalue weighted by molar-refractivity contribution is 0.0166. The summed E-state index contributed by atoms with van der Waals surface area (Å²) in [7, 11) is 4.84. The molecule has 1 aliphatic rings. The predicted octanol–water partition coefficient (Wildman–Crippen LogP) is 1.01. The van der Waals surface area contributed by atoms with Crippen LogP contribution < -0.4 is 20.1 Å². The van der Waals surface area contributed by atoms with Gasteiger partial charge in [0.15, 0.2) is 11.5 Å². The Bertz CT molecular complexity index is 518. The fraction of sp³-hybridized carbons (Fsp3) is 0.562. The molecule has 7 heteroatoms. The number of ether oxygens (including phenoxy) is 3. The second-order valence-corrected chi connectivity index (χ2v) is 5.24. The molecule has 23 heavy (non-hydrogen) atoms. The van der Waals surface area contributed by atoms with E-state index < -0.39 is 0 Å². The molecule has 1 aliphatic heterocycles. The van der Waals surface area contributed by atoms with Crippen LogP contribution in [0.15, 0.2) is 18.2 Å². The lowest BCUT2D eigenvalue weighted by atomic mass is 10.0. The van der Waals surface area contributed by atoms with Gasteiger partial charge >= 0.3 is 6.03 Å². The van der Waals surface area contributed by atoms with Gasteiger partial charge < -0.3 is 24.8 Å². The van der Waals surface area contributed by atoms with Crippen LogP contribution in [-0.4, -0.2) is 65.0 Å². The van der Waals surface area contributed by atoms with Crippen molar-refractivity contribution >= 4 is 6.03 Å². The minimum absolute atomic E-state index is 0.0519. The summed E-state index contributed by atoms with van der Waals surface area (Å²) in [4.78, 5) is 13.9. The molecular formula is C16H25N3O4. The third-order valence-corrected chi connectivity index (χ3v) is 3.96. The first kappa shape index (κ1) is 17.4. The van der Waals surface area contributed by atoms with E-state index in [1.165, 1.54) is 0 Å². The van der Waals surface area contributed by atoms with Crippen LogP contribution in [0.1, 0.15) is 11.6 Å². The third kappa shape index (κ3) is 4.49. The van der Waals surface area contributed by atoms with E-state index in [-0.39, 0.29) is 12.1 Å². The van der Waals surface area contributed by atoms with Gasteiger partial charge in [0.2, 0.25) is 0 Å². The Balaban J connectivity index is 2.22. The van der Waals surface area contributed by atoms with Crippen molar-refractivity contribution in [2.24, 2.45) is 0 Å². The molecule has 2 N–H and O–H groups in total. The highest BCUT2D eigenvalue weighted by Crippen LogP contribution is 2.32. The van der Waals surface area contributed by atoms with Crippen LogP contribution in [-0.2, 0) is 4.74 Å².